The second kappa shape index (κ2) is 10.6. The van der Waals surface area contributed by atoms with Gasteiger partial charge in [-0.1, -0.05) is 12.1 Å². The lowest BCUT2D eigenvalue weighted by Crippen LogP contribution is -2.27. The van der Waals surface area contributed by atoms with Crippen molar-refractivity contribution in [3.05, 3.63) is 57.8 Å². The highest BCUT2D eigenvalue weighted by Gasteiger charge is 2.15. The van der Waals surface area contributed by atoms with Gasteiger partial charge in [-0.3, -0.25) is 9.59 Å². The number of likely N-dealkylation sites (N-methyl/N-ethyl adjacent to an activating group) is 1. The predicted molar refractivity (Wildman–Crippen MR) is 111 cm³/mol. The number of carbonyl (C=O) groups excluding carboxylic acids is 2. The van der Waals surface area contributed by atoms with Crippen molar-refractivity contribution in [2.45, 2.75) is 6.92 Å². The molecule has 0 radical (unpaired) electrons. The highest BCUT2D eigenvalue weighted by Crippen LogP contribution is 2.36. The van der Waals surface area contributed by atoms with Crippen LogP contribution in [0, 0.1) is 5.82 Å². The molecule has 0 heterocycles. The van der Waals surface area contributed by atoms with E-state index in [1.54, 1.807) is 32.3 Å². The molecule has 0 fully saturated rings. The lowest BCUT2D eigenvalue weighted by atomic mass is 10.2. The van der Waals surface area contributed by atoms with Crippen LogP contribution in [-0.4, -0.2) is 50.2 Å². The first-order valence-electron chi connectivity index (χ1n) is 8.70. The van der Waals surface area contributed by atoms with Crippen molar-refractivity contribution in [2.24, 2.45) is 5.10 Å². The molecule has 2 aromatic carbocycles. The first-order chi connectivity index (χ1) is 13.8. The summed E-state index contributed by atoms with van der Waals surface area (Å²) in [6.45, 7) is 2.06. The van der Waals surface area contributed by atoms with Gasteiger partial charge in [0.15, 0.2) is 18.1 Å². The molecule has 0 aliphatic heterocycles. The van der Waals surface area contributed by atoms with Crippen LogP contribution in [0.2, 0.25) is 0 Å². The van der Waals surface area contributed by atoms with Gasteiger partial charge in [0.05, 0.1) is 22.9 Å². The van der Waals surface area contributed by atoms with E-state index < -0.39 is 11.7 Å². The zero-order chi connectivity index (χ0) is 21.4. The first-order valence-corrected chi connectivity index (χ1v) is 9.50. The van der Waals surface area contributed by atoms with Gasteiger partial charge in [-0.2, -0.15) is 5.10 Å². The molecule has 0 spiro atoms. The van der Waals surface area contributed by atoms with Gasteiger partial charge in [-0.15, -0.1) is 0 Å². The molecule has 0 saturated carbocycles. The van der Waals surface area contributed by atoms with Crippen molar-refractivity contribution in [3.8, 4) is 11.5 Å². The fourth-order valence-electron chi connectivity index (χ4n) is 2.20. The lowest BCUT2D eigenvalue weighted by molar-refractivity contribution is -0.130. The lowest BCUT2D eigenvalue weighted by Gasteiger charge is -2.16. The third-order valence-electron chi connectivity index (χ3n) is 3.67. The Hall–Kier alpha value is -2.94. The van der Waals surface area contributed by atoms with Crippen molar-refractivity contribution in [1.29, 1.82) is 0 Å². The number of nitrogens with zero attached hydrogens (tertiary/aromatic N) is 2. The maximum atomic E-state index is 13.6. The van der Waals surface area contributed by atoms with Crippen molar-refractivity contribution in [3.63, 3.8) is 0 Å². The Balaban J connectivity index is 2.14. The average Bonchev–Trinajstić information content (AvgIpc) is 2.67. The smallest absolute Gasteiger partial charge is 0.274 e. The standard InChI is InChI=1S/C20H21BrFN3O4/c1-4-28-17-10-13(9-15(21)19(17)29-12-18(26)25(2)3)11-23-24-20(27)14-7-5-6-8-16(14)22/h5-11H,4,12H2,1-3H3,(H,24,27)/b23-11+. The van der Waals surface area contributed by atoms with Crippen molar-refractivity contribution < 1.29 is 23.5 Å². The van der Waals surface area contributed by atoms with Gasteiger partial charge in [0, 0.05) is 14.1 Å². The molecule has 0 unspecified atom stereocenters. The van der Waals surface area contributed by atoms with Crippen LogP contribution in [0.4, 0.5) is 4.39 Å². The zero-order valence-corrected chi connectivity index (χ0v) is 17.8. The van der Waals surface area contributed by atoms with Crippen molar-refractivity contribution in [2.75, 3.05) is 27.3 Å². The molecule has 2 amide bonds. The normalized spacial score (nSPS) is 10.7. The highest BCUT2D eigenvalue weighted by atomic mass is 79.9. The molecular formula is C20H21BrFN3O4. The number of hydrazone groups is 1. The molecule has 29 heavy (non-hydrogen) atoms. The Morgan fingerprint density at radius 1 is 1.24 bits per heavy atom. The number of ether oxygens (including phenoxy) is 2. The minimum atomic E-state index is -0.661. The number of hydrogen-bond acceptors (Lipinski definition) is 5. The Labute approximate surface area is 176 Å². The Bertz CT molecular complexity index is 919. The number of halogens is 2. The van der Waals surface area contributed by atoms with E-state index in [-0.39, 0.29) is 18.1 Å². The number of carbonyl (C=O) groups is 2. The van der Waals surface area contributed by atoms with Crippen molar-refractivity contribution in [1.82, 2.24) is 10.3 Å². The van der Waals surface area contributed by atoms with Gasteiger partial charge >= 0.3 is 0 Å². The Morgan fingerprint density at radius 2 is 1.97 bits per heavy atom. The topological polar surface area (TPSA) is 80.2 Å². The second-order valence-corrected chi connectivity index (χ2v) is 6.87. The number of amides is 2. The maximum Gasteiger partial charge on any atom is 0.274 e. The van der Waals surface area contributed by atoms with Crippen LogP contribution in [-0.2, 0) is 4.79 Å². The molecule has 0 saturated heterocycles. The van der Waals surface area contributed by atoms with E-state index in [1.165, 1.54) is 29.3 Å². The summed E-state index contributed by atoms with van der Waals surface area (Å²) in [6.07, 6.45) is 1.39. The third kappa shape index (κ3) is 6.28. The largest absolute Gasteiger partial charge is 0.490 e. The van der Waals surface area contributed by atoms with E-state index in [9.17, 15) is 14.0 Å². The molecule has 0 bridgehead atoms. The quantitative estimate of drug-likeness (QED) is 0.479. The summed E-state index contributed by atoms with van der Waals surface area (Å²) < 4.78 is 25.4. The molecule has 0 aliphatic carbocycles. The molecule has 1 N–H and O–H groups in total. The third-order valence-corrected chi connectivity index (χ3v) is 4.26. The van der Waals surface area contributed by atoms with Gasteiger partial charge < -0.3 is 14.4 Å². The van der Waals surface area contributed by atoms with E-state index in [0.29, 0.717) is 28.1 Å². The van der Waals surface area contributed by atoms with E-state index in [4.69, 9.17) is 9.47 Å². The summed E-state index contributed by atoms with van der Waals surface area (Å²) >= 11 is 3.39. The fraction of sp³-hybridized carbons (Fsp3) is 0.250. The predicted octanol–water partition coefficient (Wildman–Crippen LogP) is 3.22. The van der Waals surface area contributed by atoms with E-state index >= 15 is 0 Å². The summed E-state index contributed by atoms with van der Waals surface area (Å²) in [5.41, 5.74) is 2.78. The SMILES string of the molecule is CCOc1cc(/C=N/NC(=O)c2ccccc2F)cc(Br)c1OCC(=O)N(C)C. The van der Waals surface area contributed by atoms with Gasteiger partial charge in [0.2, 0.25) is 0 Å². The van der Waals surface area contributed by atoms with Crippen LogP contribution in [0.15, 0.2) is 46.0 Å². The highest BCUT2D eigenvalue weighted by molar-refractivity contribution is 9.10. The molecule has 9 heteroatoms. The number of benzene rings is 2. The van der Waals surface area contributed by atoms with Crippen LogP contribution in [0.1, 0.15) is 22.8 Å². The molecule has 154 valence electrons. The molecule has 2 aromatic rings. The number of nitrogens with one attached hydrogen (secondary N) is 1. The van der Waals surface area contributed by atoms with Crippen LogP contribution in [0.25, 0.3) is 0 Å². The van der Waals surface area contributed by atoms with Crippen LogP contribution in [0.3, 0.4) is 0 Å². The van der Waals surface area contributed by atoms with E-state index in [2.05, 4.69) is 26.5 Å². The monoisotopic (exact) mass is 465 g/mol. The van der Waals surface area contributed by atoms with E-state index in [1.807, 2.05) is 6.92 Å². The van der Waals surface area contributed by atoms with Crippen LogP contribution < -0.4 is 14.9 Å². The summed E-state index contributed by atoms with van der Waals surface area (Å²) in [5, 5.41) is 3.86. The van der Waals surface area contributed by atoms with E-state index in [0.717, 1.165) is 0 Å². The molecule has 2 rings (SSSR count). The van der Waals surface area contributed by atoms with Gasteiger partial charge in [0.1, 0.15) is 5.82 Å². The minimum Gasteiger partial charge on any atom is -0.490 e. The molecule has 7 nitrogen and oxygen atoms in total. The molecule has 0 atom stereocenters. The van der Waals surface area contributed by atoms with Gasteiger partial charge in [0.25, 0.3) is 11.8 Å². The fourth-order valence-corrected chi connectivity index (χ4v) is 2.77. The number of hydrogen-bond donors (Lipinski definition) is 1. The van der Waals surface area contributed by atoms with Crippen LogP contribution >= 0.6 is 15.9 Å². The van der Waals surface area contributed by atoms with Gasteiger partial charge in [-0.25, -0.2) is 9.82 Å². The summed E-state index contributed by atoms with van der Waals surface area (Å²) in [5.74, 6) is -0.688. The Kier molecular flexibility index (Phi) is 8.14. The average molecular weight is 466 g/mol. The number of rotatable bonds is 8. The second-order valence-electron chi connectivity index (χ2n) is 6.02. The Morgan fingerprint density at radius 3 is 2.62 bits per heavy atom. The zero-order valence-electron chi connectivity index (χ0n) is 16.2. The summed E-state index contributed by atoms with van der Waals surface area (Å²) in [4.78, 5) is 25.2. The maximum absolute atomic E-state index is 13.6. The van der Waals surface area contributed by atoms with Crippen molar-refractivity contribution >= 4 is 34.0 Å². The molecular weight excluding hydrogens is 445 g/mol. The van der Waals surface area contributed by atoms with Crippen LogP contribution in [0.5, 0.6) is 11.5 Å². The van der Waals surface area contributed by atoms with Gasteiger partial charge in [-0.05, 0) is 52.7 Å². The molecule has 0 aliphatic rings. The summed E-state index contributed by atoms with van der Waals surface area (Å²) in [6, 6.07) is 8.97. The first kappa shape index (κ1) is 22.4. The minimum absolute atomic E-state index is 0.102. The molecule has 0 aromatic heterocycles. The summed E-state index contributed by atoms with van der Waals surface area (Å²) in [7, 11) is 3.28.